The van der Waals surface area contributed by atoms with E-state index in [1.165, 1.54) is 24.8 Å². The number of nitrogens with one attached hydrogen (secondary N) is 1. The van der Waals surface area contributed by atoms with Gasteiger partial charge in [-0.1, -0.05) is 18.6 Å². The molecule has 2 saturated heterocycles. The summed E-state index contributed by atoms with van der Waals surface area (Å²) in [6.07, 6.45) is 4.68. The van der Waals surface area contributed by atoms with E-state index in [2.05, 4.69) is 29.3 Å². The minimum atomic E-state index is -0.0797. The Morgan fingerprint density at radius 3 is 2.59 bits per heavy atom. The first-order chi connectivity index (χ1) is 13.0. The molecule has 0 spiro atoms. The summed E-state index contributed by atoms with van der Waals surface area (Å²) in [4.78, 5) is 30.3. The number of piperidine rings is 1. The van der Waals surface area contributed by atoms with Gasteiger partial charge in [-0.05, 0) is 50.4 Å². The summed E-state index contributed by atoms with van der Waals surface area (Å²) in [6, 6.07) is 8.72. The third-order valence-corrected chi connectivity index (χ3v) is 5.73. The van der Waals surface area contributed by atoms with Crippen molar-refractivity contribution in [3.8, 4) is 0 Å². The van der Waals surface area contributed by atoms with Crippen LogP contribution in [0.25, 0.3) is 0 Å². The monoisotopic (exact) mass is 372 g/mol. The van der Waals surface area contributed by atoms with Crippen LogP contribution < -0.4 is 5.32 Å². The van der Waals surface area contributed by atoms with Crippen molar-refractivity contribution < 1.29 is 9.59 Å². The molecule has 1 aromatic carbocycles. The Labute approximate surface area is 162 Å². The Kier molecular flexibility index (Phi) is 6.72. The fraction of sp³-hybridized carbons (Fsp3) is 0.619. The molecule has 1 atom stereocenters. The number of carbonyl (C=O) groups excluding carboxylic acids is 2. The molecule has 3 rings (SSSR count). The highest BCUT2D eigenvalue weighted by molar-refractivity contribution is 5.89. The summed E-state index contributed by atoms with van der Waals surface area (Å²) in [6.45, 7) is 8.56. The molecule has 1 N–H and O–H groups in total. The molecule has 148 valence electrons. The van der Waals surface area contributed by atoms with Gasteiger partial charge < -0.3 is 15.1 Å². The largest absolute Gasteiger partial charge is 0.341 e. The first kappa shape index (κ1) is 19.7. The molecule has 0 saturated carbocycles. The summed E-state index contributed by atoms with van der Waals surface area (Å²) in [7, 11) is 0. The number of urea groups is 1. The molecule has 27 heavy (non-hydrogen) atoms. The molecule has 2 fully saturated rings. The van der Waals surface area contributed by atoms with Crippen LogP contribution in [0, 0.1) is 0 Å². The van der Waals surface area contributed by atoms with E-state index in [4.69, 9.17) is 0 Å². The normalized spacial score (nSPS) is 21.6. The van der Waals surface area contributed by atoms with Crippen molar-refractivity contribution in [2.45, 2.75) is 52.1 Å². The van der Waals surface area contributed by atoms with E-state index in [0.717, 1.165) is 31.7 Å². The molecule has 0 bridgehead atoms. The Morgan fingerprint density at radius 2 is 1.81 bits per heavy atom. The number of nitrogens with zero attached hydrogens (tertiary/aromatic N) is 3. The Morgan fingerprint density at radius 1 is 1.04 bits per heavy atom. The predicted octanol–water partition coefficient (Wildman–Crippen LogP) is 3.15. The van der Waals surface area contributed by atoms with Gasteiger partial charge in [0.15, 0.2) is 0 Å². The Balaban J connectivity index is 1.57. The molecule has 0 aromatic heterocycles. The summed E-state index contributed by atoms with van der Waals surface area (Å²) in [5.74, 6) is 0.0805. The molecule has 2 aliphatic rings. The number of hydrogen-bond donors (Lipinski definition) is 1. The maximum Gasteiger partial charge on any atom is 0.321 e. The molecular weight excluding hydrogens is 340 g/mol. The summed E-state index contributed by atoms with van der Waals surface area (Å²) in [5.41, 5.74) is 2.08. The second-order valence-corrected chi connectivity index (χ2v) is 7.79. The molecule has 0 aliphatic carbocycles. The lowest BCUT2D eigenvalue weighted by molar-refractivity contribution is -0.128. The zero-order valence-electron chi connectivity index (χ0n) is 16.6. The second-order valence-electron chi connectivity index (χ2n) is 7.79. The van der Waals surface area contributed by atoms with E-state index >= 15 is 0 Å². The maximum atomic E-state index is 12.7. The van der Waals surface area contributed by atoms with Gasteiger partial charge in [0.2, 0.25) is 5.91 Å². The van der Waals surface area contributed by atoms with Crippen LogP contribution in [-0.4, -0.2) is 65.4 Å². The molecule has 2 aliphatic heterocycles. The van der Waals surface area contributed by atoms with Gasteiger partial charge in [0, 0.05) is 51.4 Å². The van der Waals surface area contributed by atoms with Crippen molar-refractivity contribution in [2.75, 3.05) is 38.0 Å². The maximum absolute atomic E-state index is 12.7. The number of benzene rings is 1. The van der Waals surface area contributed by atoms with Crippen molar-refractivity contribution in [3.63, 3.8) is 0 Å². The highest BCUT2D eigenvalue weighted by Crippen LogP contribution is 2.20. The molecule has 6 heteroatoms. The zero-order valence-corrected chi connectivity index (χ0v) is 16.6. The van der Waals surface area contributed by atoms with Crippen LogP contribution in [0.5, 0.6) is 0 Å². The highest BCUT2D eigenvalue weighted by Gasteiger charge is 2.21. The average molecular weight is 373 g/mol. The summed E-state index contributed by atoms with van der Waals surface area (Å²) >= 11 is 0. The van der Waals surface area contributed by atoms with Crippen molar-refractivity contribution >= 4 is 17.6 Å². The number of anilines is 1. The van der Waals surface area contributed by atoms with Crippen molar-refractivity contribution in [1.29, 1.82) is 0 Å². The number of rotatable bonds is 3. The molecular formula is C21H32N4O2. The van der Waals surface area contributed by atoms with Crippen LogP contribution >= 0.6 is 0 Å². The van der Waals surface area contributed by atoms with Gasteiger partial charge in [-0.2, -0.15) is 0 Å². The van der Waals surface area contributed by atoms with E-state index in [9.17, 15) is 9.59 Å². The standard InChI is InChI=1S/C21H32N4O2/c1-17-7-3-4-10-25(17)16-19-8-5-9-20(15-19)22-21(27)24-12-6-11-23(13-14-24)18(2)26/h5,8-9,15,17H,3-4,6-7,10-14,16H2,1-2H3,(H,22,27)/t17-/m0/s1. The first-order valence-corrected chi connectivity index (χ1v) is 10.2. The van der Waals surface area contributed by atoms with Gasteiger partial charge in [-0.25, -0.2) is 4.79 Å². The smallest absolute Gasteiger partial charge is 0.321 e. The lowest BCUT2D eigenvalue weighted by atomic mass is 10.0. The molecule has 6 nitrogen and oxygen atoms in total. The molecule has 0 unspecified atom stereocenters. The van der Waals surface area contributed by atoms with Crippen LogP contribution in [0.15, 0.2) is 24.3 Å². The van der Waals surface area contributed by atoms with Crippen LogP contribution in [0.1, 0.15) is 45.1 Å². The number of hydrogen-bond acceptors (Lipinski definition) is 3. The van der Waals surface area contributed by atoms with E-state index in [0.29, 0.717) is 25.7 Å². The topological polar surface area (TPSA) is 55.9 Å². The minimum absolute atomic E-state index is 0.0797. The van der Waals surface area contributed by atoms with E-state index in [1.54, 1.807) is 6.92 Å². The molecule has 3 amide bonds. The Bertz CT molecular complexity index is 663. The quantitative estimate of drug-likeness (QED) is 0.887. The van der Waals surface area contributed by atoms with Gasteiger partial charge in [0.1, 0.15) is 0 Å². The second kappa shape index (κ2) is 9.22. The van der Waals surface area contributed by atoms with Crippen molar-refractivity contribution in [3.05, 3.63) is 29.8 Å². The lowest BCUT2D eigenvalue weighted by Gasteiger charge is -2.33. The lowest BCUT2D eigenvalue weighted by Crippen LogP contribution is -2.39. The number of amides is 3. The molecule has 0 radical (unpaired) electrons. The van der Waals surface area contributed by atoms with Crippen LogP contribution in [0.3, 0.4) is 0 Å². The van der Waals surface area contributed by atoms with Gasteiger partial charge in [-0.15, -0.1) is 0 Å². The Hall–Kier alpha value is -2.08. The fourth-order valence-electron chi connectivity index (χ4n) is 4.01. The van der Waals surface area contributed by atoms with Crippen molar-refractivity contribution in [2.24, 2.45) is 0 Å². The van der Waals surface area contributed by atoms with Crippen LogP contribution in [0.2, 0.25) is 0 Å². The SMILES string of the molecule is CC(=O)N1CCCN(C(=O)Nc2cccc(CN3CCCC[C@@H]3C)c2)CC1. The van der Waals surface area contributed by atoms with E-state index < -0.39 is 0 Å². The van der Waals surface area contributed by atoms with Crippen molar-refractivity contribution in [1.82, 2.24) is 14.7 Å². The van der Waals surface area contributed by atoms with Gasteiger partial charge in [0.05, 0.1) is 0 Å². The minimum Gasteiger partial charge on any atom is -0.341 e. The third kappa shape index (κ3) is 5.45. The van der Waals surface area contributed by atoms with Gasteiger partial charge in [0.25, 0.3) is 0 Å². The predicted molar refractivity (Wildman–Crippen MR) is 108 cm³/mol. The summed E-state index contributed by atoms with van der Waals surface area (Å²) in [5, 5.41) is 3.04. The fourth-order valence-corrected chi connectivity index (χ4v) is 4.01. The van der Waals surface area contributed by atoms with Gasteiger partial charge >= 0.3 is 6.03 Å². The first-order valence-electron chi connectivity index (χ1n) is 10.2. The highest BCUT2D eigenvalue weighted by atomic mass is 16.2. The number of carbonyl (C=O) groups is 2. The molecule has 2 heterocycles. The molecule has 1 aromatic rings. The summed E-state index contributed by atoms with van der Waals surface area (Å²) < 4.78 is 0. The van der Waals surface area contributed by atoms with E-state index in [-0.39, 0.29) is 11.9 Å². The third-order valence-electron chi connectivity index (χ3n) is 5.73. The zero-order chi connectivity index (χ0) is 19.2. The van der Waals surface area contributed by atoms with E-state index in [1.807, 2.05) is 21.9 Å². The average Bonchev–Trinajstić information content (AvgIpc) is 2.90. The number of likely N-dealkylation sites (tertiary alicyclic amines) is 1. The van der Waals surface area contributed by atoms with Crippen LogP contribution in [0.4, 0.5) is 10.5 Å². The van der Waals surface area contributed by atoms with Gasteiger partial charge in [-0.3, -0.25) is 9.69 Å². The van der Waals surface area contributed by atoms with Crippen LogP contribution in [-0.2, 0) is 11.3 Å².